The number of benzene rings is 1. The van der Waals surface area contributed by atoms with Gasteiger partial charge in [-0.2, -0.15) is 0 Å². The van der Waals surface area contributed by atoms with Crippen molar-refractivity contribution in [2.45, 2.75) is 32.1 Å². The fourth-order valence-corrected chi connectivity index (χ4v) is 2.25. The van der Waals surface area contributed by atoms with Crippen LogP contribution in [0.1, 0.15) is 42.5 Å². The first-order valence-electron chi connectivity index (χ1n) is 7.30. The summed E-state index contributed by atoms with van der Waals surface area (Å²) in [6, 6.07) is 6.70. The van der Waals surface area contributed by atoms with E-state index >= 15 is 0 Å². The summed E-state index contributed by atoms with van der Waals surface area (Å²) >= 11 is 0. The summed E-state index contributed by atoms with van der Waals surface area (Å²) in [5, 5.41) is 9.01. The normalized spacial score (nSPS) is 14.8. The van der Waals surface area contributed by atoms with Crippen molar-refractivity contribution in [3.63, 3.8) is 0 Å². The number of carboxylic acids is 1. The largest absolute Gasteiger partial charge is 0.493 e. The predicted molar refractivity (Wildman–Crippen MR) is 76.3 cm³/mol. The molecule has 0 aliphatic heterocycles. The zero-order chi connectivity index (χ0) is 14.2. The Morgan fingerprint density at radius 2 is 2.00 bits per heavy atom. The molecule has 1 aromatic rings. The smallest absolute Gasteiger partial charge is 0.339 e. The lowest BCUT2D eigenvalue weighted by atomic mass is 9.83. The summed E-state index contributed by atoms with van der Waals surface area (Å²) in [4.78, 5) is 11.0. The van der Waals surface area contributed by atoms with Crippen LogP contribution in [0, 0.1) is 5.92 Å². The van der Waals surface area contributed by atoms with Crippen LogP contribution in [0.2, 0.25) is 0 Å². The fraction of sp³-hybridized carbons (Fsp3) is 0.562. The summed E-state index contributed by atoms with van der Waals surface area (Å²) in [6.45, 7) is 1.98. The van der Waals surface area contributed by atoms with E-state index in [0.29, 0.717) is 19.0 Å². The molecule has 0 saturated heterocycles. The Labute approximate surface area is 119 Å². The first-order chi connectivity index (χ1) is 9.77. The van der Waals surface area contributed by atoms with E-state index in [0.717, 1.165) is 18.9 Å². The van der Waals surface area contributed by atoms with E-state index in [1.807, 2.05) is 0 Å². The number of rotatable bonds is 9. The zero-order valence-electron chi connectivity index (χ0n) is 11.7. The maximum absolute atomic E-state index is 11.0. The standard InChI is InChI=1S/C16H22O4/c17-16(18)14-7-1-2-8-15(14)20-11-4-10-19-12-9-13-5-3-6-13/h1-2,7-8,13H,3-6,9-12H2,(H,17,18). The highest BCUT2D eigenvalue weighted by molar-refractivity contribution is 5.90. The summed E-state index contributed by atoms with van der Waals surface area (Å²) in [5.41, 5.74) is 0.207. The lowest BCUT2D eigenvalue weighted by Gasteiger charge is -2.24. The van der Waals surface area contributed by atoms with E-state index in [1.54, 1.807) is 24.3 Å². The fourth-order valence-electron chi connectivity index (χ4n) is 2.25. The first-order valence-corrected chi connectivity index (χ1v) is 7.30. The van der Waals surface area contributed by atoms with Crippen LogP contribution in [0.3, 0.4) is 0 Å². The minimum Gasteiger partial charge on any atom is -0.493 e. The van der Waals surface area contributed by atoms with Crippen LogP contribution < -0.4 is 4.74 Å². The molecule has 0 amide bonds. The van der Waals surface area contributed by atoms with Crippen LogP contribution in [-0.2, 0) is 4.74 Å². The molecule has 4 heteroatoms. The monoisotopic (exact) mass is 278 g/mol. The van der Waals surface area contributed by atoms with E-state index in [1.165, 1.54) is 25.7 Å². The van der Waals surface area contributed by atoms with Crippen molar-refractivity contribution < 1.29 is 19.4 Å². The van der Waals surface area contributed by atoms with Gasteiger partial charge >= 0.3 is 5.97 Å². The number of aromatic carboxylic acids is 1. The third-order valence-electron chi connectivity index (χ3n) is 3.70. The lowest BCUT2D eigenvalue weighted by Crippen LogP contribution is -2.14. The van der Waals surface area contributed by atoms with Crippen molar-refractivity contribution in [2.75, 3.05) is 19.8 Å². The minimum absolute atomic E-state index is 0.207. The van der Waals surface area contributed by atoms with Gasteiger partial charge in [0.2, 0.25) is 0 Å². The molecule has 1 N–H and O–H groups in total. The molecule has 110 valence electrons. The first kappa shape index (κ1) is 14.9. The zero-order valence-corrected chi connectivity index (χ0v) is 11.7. The second-order valence-corrected chi connectivity index (χ2v) is 5.20. The number of para-hydroxylation sites is 1. The molecule has 0 unspecified atom stereocenters. The average Bonchev–Trinajstić information content (AvgIpc) is 2.40. The van der Waals surface area contributed by atoms with Crippen LogP contribution >= 0.6 is 0 Å². The molecule has 4 nitrogen and oxygen atoms in total. The van der Waals surface area contributed by atoms with E-state index in [9.17, 15) is 4.79 Å². The van der Waals surface area contributed by atoms with Crippen LogP contribution in [0.4, 0.5) is 0 Å². The second kappa shape index (κ2) is 7.90. The van der Waals surface area contributed by atoms with Gasteiger partial charge in [-0.15, -0.1) is 0 Å². The summed E-state index contributed by atoms with van der Waals surface area (Å²) < 4.78 is 11.1. The molecule has 0 radical (unpaired) electrons. The van der Waals surface area contributed by atoms with Crippen molar-refractivity contribution in [1.82, 2.24) is 0 Å². The Morgan fingerprint density at radius 3 is 2.70 bits per heavy atom. The average molecular weight is 278 g/mol. The SMILES string of the molecule is O=C(O)c1ccccc1OCCCOCCC1CCC1. The van der Waals surface area contributed by atoms with E-state index in [4.69, 9.17) is 14.6 Å². The molecule has 0 atom stereocenters. The van der Waals surface area contributed by atoms with Gasteiger partial charge in [-0.05, 0) is 24.5 Å². The highest BCUT2D eigenvalue weighted by Crippen LogP contribution is 2.29. The molecule has 20 heavy (non-hydrogen) atoms. The maximum atomic E-state index is 11.0. The molecule has 1 saturated carbocycles. The quantitative estimate of drug-likeness (QED) is 0.704. The van der Waals surface area contributed by atoms with Crippen LogP contribution in [-0.4, -0.2) is 30.9 Å². The minimum atomic E-state index is -0.961. The maximum Gasteiger partial charge on any atom is 0.339 e. The number of carboxylic acid groups (broad SMARTS) is 1. The van der Waals surface area contributed by atoms with Gasteiger partial charge in [-0.25, -0.2) is 4.79 Å². The number of carbonyl (C=O) groups is 1. The molecule has 2 rings (SSSR count). The molecule has 1 aliphatic rings. The van der Waals surface area contributed by atoms with Gasteiger partial charge in [0, 0.05) is 19.6 Å². The molecule has 1 fully saturated rings. The Morgan fingerprint density at radius 1 is 1.20 bits per heavy atom. The van der Waals surface area contributed by atoms with Crippen molar-refractivity contribution in [1.29, 1.82) is 0 Å². The van der Waals surface area contributed by atoms with Crippen LogP contribution in [0.15, 0.2) is 24.3 Å². The highest BCUT2D eigenvalue weighted by atomic mass is 16.5. The van der Waals surface area contributed by atoms with Crippen molar-refractivity contribution >= 4 is 5.97 Å². The molecule has 1 aliphatic carbocycles. The van der Waals surface area contributed by atoms with E-state index < -0.39 is 5.97 Å². The van der Waals surface area contributed by atoms with Crippen molar-refractivity contribution in [3.05, 3.63) is 29.8 Å². The summed E-state index contributed by atoms with van der Waals surface area (Å²) in [5.74, 6) is 0.348. The van der Waals surface area contributed by atoms with Crippen LogP contribution in [0.25, 0.3) is 0 Å². The predicted octanol–water partition coefficient (Wildman–Crippen LogP) is 3.36. The summed E-state index contributed by atoms with van der Waals surface area (Å²) in [7, 11) is 0. The van der Waals surface area contributed by atoms with E-state index in [-0.39, 0.29) is 5.56 Å². The third-order valence-corrected chi connectivity index (χ3v) is 3.70. The lowest BCUT2D eigenvalue weighted by molar-refractivity contribution is 0.0690. The van der Waals surface area contributed by atoms with Crippen molar-refractivity contribution in [2.24, 2.45) is 5.92 Å². The molecule has 0 bridgehead atoms. The highest BCUT2D eigenvalue weighted by Gasteiger charge is 2.16. The molecule has 0 heterocycles. The van der Waals surface area contributed by atoms with Crippen molar-refractivity contribution in [3.8, 4) is 5.75 Å². The topological polar surface area (TPSA) is 55.8 Å². The van der Waals surface area contributed by atoms with Gasteiger partial charge in [-0.1, -0.05) is 31.4 Å². The summed E-state index contributed by atoms with van der Waals surface area (Å²) in [6.07, 6.45) is 6.04. The Hall–Kier alpha value is -1.55. The van der Waals surface area contributed by atoms with Gasteiger partial charge in [-0.3, -0.25) is 0 Å². The number of hydrogen-bond donors (Lipinski definition) is 1. The second-order valence-electron chi connectivity index (χ2n) is 5.20. The van der Waals surface area contributed by atoms with Gasteiger partial charge in [0.1, 0.15) is 11.3 Å². The third kappa shape index (κ3) is 4.53. The molecular weight excluding hydrogens is 256 g/mol. The molecular formula is C16H22O4. The van der Waals surface area contributed by atoms with Crippen LogP contribution in [0.5, 0.6) is 5.75 Å². The van der Waals surface area contributed by atoms with E-state index in [2.05, 4.69) is 0 Å². The number of ether oxygens (including phenoxy) is 2. The van der Waals surface area contributed by atoms with Gasteiger partial charge < -0.3 is 14.6 Å². The Balaban J connectivity index is 1.57. The van der Waals surface area contributed by atoms with Gasteiger partial charge in [0.15, 0.2) is 0 Å². The molecule has 0 spiro atoms. The Kier molecular flexibility index (Phi) is 5.87. The van der Waals surface area contributed by atoms with Gasteiger partial charge in [0.05, 0.1) is 6.61 Å². The molecule has 1 aromatic carbocycles. The van der Waals surface area contributed by atoms with Gasteiger partial charge in [0.25, 0.3) is 0 Å². The molecule has 0 aromatic heterocycles. The Bertz CT molecular complexity index is 426. The number of hydrogen-bond acceptors (Lipinski definition) is 3.